The number of H-pyrrole nitrogens is 1. The number of aromatic nitrogens is 3. The number of aryl methyl sites for hydroxylation is 1. The van der Waals surface area contributed by atoms with E-state index in [9.17, 15) is 0 Å². The Morgan fingerprint density at radius 1 is 0.971 bits per heavy atom. The third-order valence-electron chi connectivity index (χ3n) is 8.64. The number of hydrogen-bond donors (Lipinski definition) is 2. The van der Waals surface area contributed by atoms with Crippen molar-refractivity contribution in [3.63, 3.8) is 0 Å². The van der Waals surface area contributed by atoms with Crippen molar-refractivity contribution >= 4 is 11.9 Å². The van der Waals surface area contributed by atoms with Crippen LogP contribution in [0.2, 0.25) is 0 Å². The Balaban J connectivity index is 1.28. The number of likely N-dealkylation sites (N-methyl/N-ethyl adjacent to an activating group) is 1. The van der Waals surface area contributed by atoms with Gasteiger partial charge in [0.05, 0.1) is 0 Å². The first-order valence-corrected chi connectivity index (χ1v) is 13.5. The van der Waals surface area contributed by atoms with E-state index < -0.39 is 0 Å². The number of aromatic amines is 1. The van der Waals surface area contributed by atoms with Crippen LogP contribution in [-0.2, 0) is 6.42 Å². The summed E-state index contributed by atoms with van der Waals surface area (Å²) in [4.78, 5) is 12.2. The predicted octanol–water partition coefficient (Wildman–Crippen LogP) is 3.86. The minimum atomic E-state index is 0.403. The smallest absolute Gasteiger partial charge is 0.246 e. The molecule has 3 heterocycles. The lowest BCUT2D eigenvalue weighted by atomic mass is 9.83. The van der Waals surface area contributed by atoms with E-state index in [1.54, 1.807) is 0 Å². The van der Waals surface area contributed by atoms with Gasteiger partial charge in [-0.3, -0.25) is 4.90 Å². The highest BCUT2D eigenvalue weighted by atomic mass is 15.4. The summed E-state index contributed by atoms with van der Waals surface area (Å²) < 4.78 is 0. The van der Waals surface area contributed by atoms with E-state index in [1.807, 2.05) is 0 Å². The second kappa shape index (κ2) is 10.6. The molecule has 7 nitrogen and oxygen atoms in total. The molecule has 2 unspecified atom stereocenters. The van der Waals surface area contributed by atoms with Gasteiger partial charge < -0.3 is 15.5 Å². The average Bonchev–Trinajstić information content (AvgIpc) is 3.29. The summed E-state index contributed by atoms with van der Waals surface area (Å²) in [5.74, 6) is 2.08. The lowest BCUT2D eigenvalue weighted by Crippen LogP contribution is -2.62. The molecule has 1 aromatic heterocycles. The van der Waals surface area contributed by atoms with Crippen LogP contribution in [0.1, 0.15) is 62.5 Å². The van der Waals surface area contributed by atoms with Gasteiger partial charge in [0.1, 0.15) is 0 Å². The van der Waals surface area contributed by atoms with Crippen LogP contribution in [0.3, 0.4) is 0 Å². The summed E-state index contributed by atoms with van der Waals surface area (Å²) in [6, 6.07) is 11.1. The Morgan fingerprint density at radius 3 is 2.38 bits per heavy atom. The van der Waals surface area contributed by atoms with Crippen molar-refractivity contribution in [3.8, 4) is 0 Å². The van der Waals surface area contributed by atoms with Crippen molar-refractivity contribution in [2.75, 3.05) is 43.9 Å². The van der Waals surface area contributed by atoms with E-state index in [0.717, 1.165) is 31.4 Å². The topological polar surface area (TPSA) is 77.3 Å². The summed E-state index contributed by atoms with van der Waals surface area (Å²) in [6.07, 6.45) is 12.0. The van der Waals surface area contributed by atoms with Gasteiger partial charge in [-0.2, -0.15) is 4.98 Å². The Morgan fingerprint density at radius 2 is 1.71 bits per heavy atom. The summed E-state index contributed by atoms with van der Waals surface area (Å²) in [5, 5.41) is 7.07. The first kappa shape index (κ1) is 23.6. The fourth-order valence-electron chi connectivity index (χ4n) is 6.61. The number of nitrogens with one attached hydrogen (secondary N) is 1. The highest BCUT2D eigenvalue weighted by Crippen LogP contribution is 2.32. The predicted molar refractivity (Wildman–Crippen MR) is 139 cm³/mol. The Labute approximate surface area is 205 Å². The largest absolute Gasteiger partial charge is 0.368 e. The van der Waals surface area contributed by atoms with Gasteiger partial charge in [0.15, 0.2) is 0 Å². The third-order valence-corrected chi connectivity index (χ3v) is 8.64. The molecule has 2 atom stereocenters. The first-order chi connectivity index (χ1) is 16.5. The number of benzene rings is 1. The first-order valence-electron chi connectivity index (χ1n) is 13.5. The quantitative estimate of drug-likeness (QED) is 0.675. The molecule has 3 aliphatic rings. The molecule has 0 spiro atoms. The molecule has 1 saturated carbocycles. The maximum Gasteiger partial charge on any atom is 0.246 e. The third kappa shape index (κ3) is 5.57. The van der Waals surface area contributed by atoms with E-state index in [-0.39, 0.29) is 0 Å². The van der Waals surface area contributed by atoms with Gasteiger partial charge in [-0.1, -0.05) is 61.9 Å². The van der Waals surface area contributed by atoms with E-state index in [2.05, 4.69) is 68.1 Å². The van der Waals surface area contributed by atoms with Crippen molar-refractivity contribution < 1.29 is 0 Å². The molecule has 5 rings (SSSR count). The summed E-state index contributed by atoms with van der Waals surface area (Å²) in [5.41, 5.74) is 8.57. The zero-order valence-corrected chi connectivity index (χ0v) is 21.1. The van der Waals surface area contributed by atoms with Crippen LogP contribution in [-0.4, -0.2) is 76.3 Å². The van der Waals surface area contributed by atoms with Crippen LogP contribution >= 0.6 is 0 Å². The number of nitrogen functional groups attached to an aromatic ring is 1. The van der Waals surface area contributed by atoms with E-state index in [0.29, 0.717) is 24.1 Å². The standard InChI is InChI=1S/C27H43N7/c1-20-8-10-22(11-9-20)17-25-18-32(2)24(16-21-6-4-3-5-7-21)19-34(25)23-12-14-33(15-13-23)27-29-26(28)30-31-27/h8-11,21,23-25H,3-7,12-19H2,1-2H3,(H3,28,29,30,31). The fourth-order valence-corrected chi connectivity index (χ4v) is 6.61. The molecular formula is C27H43N7. The van der Waals surface area contributed by atoms with Crippen molar-refractivity contribution in [1.82, 2.24) is 25.0 Å². The van der Waals surface area contributed by atoms with E-state index >= 15 is 0 Å². The van der Waals surface area contributed by atoms with Gasteiger partial charge in [-0.25, -0.2) is 5.10 Å². The van der Waals surface area contributed by atoms with Crippen LogP contribution < -0.4 is 10.6 Å². The lowest BCUT2D eigenvalue weighted by molar-refractivity contribution is -0.00203. The molecule has 3 fully saturated rings. The molecule has 0 bridgehead atoms. The minimum Gasteiger partial charge on any atom is -0.368 e. The van der Waals surface area contributed by atoms with E-state index in [1.165, 1.54) is 75.6 Å². The Kier molecular flexibility index (Phi) is 7.40. The molecule has 186 valence electrons. The molecule has 34 heavy (non-hydrogen) atoms. The van der Waals surface area contributed by atoms with Crippen LogP contribution in [0, 0.1) is 12.8 Å². The highest BCUT2D eigenvalue weighted by molar-refractivity contribution is 5.34. The van der Waals surface area contributed by atoms with Crippen molar-refractivity contribution in [1.29, 1.82) is 0 Å². The molecule has 0 radical (unpaired) electrons. The number of nitrogens with zero attached hydrogens (tertiary/aromatic N) is 5. The monoisotopic (exact) mass is 465 g/mol. The van der Waals surface area contributed by atoms with Crippen LogP contribution in [0.4, 0.5) is 11.9 Å². The highest BCUT2D eigenvalue weighted by Gasteiger charge is 2.38. The number of nitrogens with two attached hydrogens (primary N) is 1. The number of anilines is 2. The van der Waals surface area contributed by atoms with E-state index in [4.69, 9.17) is 5.73 Å². The number of rotatable bonds is 6. The number of piperidine rings is 1. The van der Waals surface area contributed by atoms with Crippen LogP contribution in [0.25, 0.3) is 0 Å². The van der Waals surface area contributed by atoms with Gasteiger partial charge in [-0.05, 0) is 51.1 Å². The minimum absolute atomic E-state index is 0.403. The zero-order chi connectivity index (χ0) is 23.5. The molecule has 1 aromatic carbocycles. The van der Waals surface area contributed by atoms with Gasteiger partial charge in [0.2, 0.25) is 11.9 Å². The molecular weight excluding hydrogens is 422 g/mol. The molecule has 7 heteroatoms. The summed E-state index contributed by atoms with van der Waals surface area (Å²) in [6.45, 7) is 6.55. The molecule has 2 saturated heterocycles. The maximum absolute atomic E-state index is 5.77. The van der Waals surface area contributed by atoms with Crippen molar-refractivity contribution in [2.24, 2.45) is 5.92 Å². The normalized spacial score (nSPS) is 26.2. The molecule has 2 aliphatic heterocycles. The molecule has 1 aliphatic carbocycles. The SMILES string of the molecule is Cc1ccc(CC2CN(C)C(CC3CCCCC3)CN2C2CCN(c3n[nH]c(N)n3)CC2)cc1. The molecule has 3 N–H and O–H groups in total. The van der Waals surface area contributed by atoms with Crippen LogP contribution in [0.5, 0.6) is 0 Å². The summed E-state index contributed by atoms with van der Waals surface area (Å²) in [7, 11) is 2.38. The number of piperazine rings is 1. The van der Waals surface area contributed by atoms with Gasteiger partial charge in [-0.15, -0.1) is 5.10 Å². The maximum atomic E-state index is 5.77. The van der Waals surface area contributed by atoms with Crippen molar-refractivity contribution in [3.05, 3.63) is 35.4 Å². The Hall–Kier alpha value is -2.12. The van der Waals surface area contributed by atoms with Gasteiger partial charge >= 0.3 is 0 Å². The van der Waals surface area contributed by atoms with Crippen molar-refractivity contribution in [2.45, 2.75) is 82.8 Å². The second-order valence-electron chi connectivity index (χ2n) is 11.1. The Bertz CT molecular complexity index is 896. The fraction of sp³-hybridized carbons (Fsp3) is 0.704. The molecule has 2 aromatic rings. The van der Waals surface area contributed by atoms with Gasteiger partial charge in [0.25, 0.3) is 0 Å². The summed E-state index contributed by atoms with van der Waals surface area (Å²) >= 11 is 0. The van der Waals surface area contributed by atoms with Crippen LogP contribution in [0.15, 0.2) is 24.3 Å². The average molecular weight is 466 g/mol. The zero-order valence-electron chi connectivity index (χ0n) is 21.1. The second-order valence-corrected chi connectivity index (χ2v) is 11.1. The number of hydrogen-bond acceptors (Lipinski definition) is 6. The lowest BCUT2D eigenvalue weighted by Gasteiger charge is -2.51. The molecule has 0 amide bonds. The van der Waals surface area contributed by atoms with Gasteiger partial charge in [0, 0.05) is 44.3 Å².